The molecule has 2 heterocycles. The number of nitrogens with one attached hydrogen (secondary N) is 2. The summed E-state index contributed by atoms with van der Waals surface area (Å²) in [4.78, 5) is 32.0. The fraction of sp³-hybridized carbons (Fsp3) is 0.400. The molecule has 1 saturated carbocycles. The Morgan fingerprint density at radius 2 is 2.19 bits per heavy atom. The Morgan fingerprint density at radius 3 is 2.97 bits per heavy atom. The van der Waals surface area contributed by atoms with Crippen LogP contribution in [0.1, 0.15) is 38.4 Å². The first-order chi connectivity index (χ1) is 15.0. The number of H-pyrrole nitrogens is 1. The largest absolute Gasteiger partial charge is 0.301 e. The van der Waals surface area contributed by atoms with Crippen LogP contribution >= 0.6 is 23.1 Å². The number of thioether (sulfide) groups is 1. The third kappa shape index (κ3) is 5.47. The van der Waals surface area contributed by atoms with Crippen LogP contribution in [-0.4, -0.2) is 36.2 Å². The van der Waals surface area contributed by atoms with Crippen molar-refractivity contribution in [3.63, 3.8) is 0 Å². The second kappa shape index (κ2) is 9.56. The van der Waals surface area contributed by atoms with Crippen LogP contribution in [0.5, 0.6) is 0 Å². The zero-order valence-corrected chi connectivity index (χ0v) is 18.5. The highest BCUT2D eigenvalue weighted by Crippen LogP contribution is 2.29. The number of non-ortho nitro benzene ring substituents is 1. The van der Waals surface area contributed by atoms with Gasteiger partial charge < -0.3 is 5.32 Å². The third-order valence-electron chi connectivity index (χ3n) is 5.21. The zero-order chi connectivity index (χ0) is 21.8. The van der Waals surface area contributed by atoms with Crippen LogP contribution in [0, 0.1) is 16.0 Å². The quantitative estimate of drug-likeness (QED) is 0.285. The van der Waals surface area contributed by atoms with Crippen molar-refractivity contribution in [2.45, 2.75) is 49.4 Å². The number of rotatable bonds is 8. The van der Waals surface area contributed by atoms with E-state index in [4.69, 9.17) is 0 Å². The van der Waals surface area contributed by atoms with Gasteiger partial charge in [0, 0.05) is 29.5 Å². The number of carbonyl (C=O) groups excluding carboxylic acids is 1. The number of aromatic amines is 1. The molecule has 0 saturated heterocycles. The Hall–Kier alpha value is -2.79. The number of hydrogen-bond donors (Lipinski definition) is 2. The highest BCUT2D eigenvalue weighted by atomic mass is 32.2. The van der Waals surface area contributed by atoms with Crippen molar-refractivity contribution in [1.29, 1.82) is 0 Å². The van der Waals surface area contributed by atoms with Gasteiger partial charge in [0.25, 0.3) is 5.69 Å². The first-order valence-electron chi connectivity index (χ1n) is 10.1. The molecule has 2 aromatic heterocycles. The Balaban J connectivity index is 1.33. The van der Waals surface area contributed by atoms with Gasteiger partial charge in [-0.05, 0) is 12.8 Å². The number of nitro groups is 1. The van der Waals surface area contributed by atoms with Crippen LogP contribution in [0.25, 0.3) is 11.3 Å². The second-order valence-corrected chi connectivity index (χ2v) is 9.68. The minimum atomic E-state index is -0.445. The lowest BCUT2D eigenvalue weighted by atomic mass is 10.0. The lowest BCUT2D eigenvalue weighted by Crippen LogP contribution is -2.22. The maximum Gasteiger partial charge on any atom is 0.270 e. The van der Waals surface area contributed by atoms with Crippen molar-refractivity contribution in [2.75, 3.05) is 5.32 Å². The smallest absolute Gasteiger partial charge is 0.270 e. The molecule has 11 heteroatoms. The molecule has 162 valence electrons. The molecule has 4 rings (SSSR count). The van der Waals surface area contributed by atoms with E-state index < -0.39 is 10.2 Å². The van der Waals surface area contributed by atoms with Gasteiger partial charge in [-0.1, -0.05) is 49.6 Å². The van der Waals surface area contributed by atoms with Gasteiger partial charge in [0.1, 0.15) is 5.82 Å². The Labute approximate surface area is 187 Å². The van der Waals surface area contributed by atoms with Crippen LogP contribution in [-0.2, 0) is 11.2 Å². The number of nitro benzene ring substituents is 1. The molecule has 3 aromatic rings. The zero-order valence-electron chi connectivity index (χ0n) is 16.9. The second-order valence-electron chi connectivity index (χ2n) is 7.51. The molecule has 9 nitrogen and oxygen atoms in total. The van der Waals surface area contributed by atoms with Crippen LogP contribution in [0.4, 0.5) is 10.8 Å². The molecule has 0 bridgehead atoms. The summed E-state index contributed by atoms with van der Waals surface area (Å²) in [5.41, 5.74) is 1.21. The summed E-state index contributed by atoms with van der Waals surface area (Å²) in [5.74, 6) is 1.35. The molecule has 0 spiro atoms. The minimum Gasteiger partial charge on any atom is -0.301 e. The van der Waals surface area contributed by atoms with Gasteiger partial charge >= 0.3 is 0 Å². The number of anilines is 1. The van der Waals surface area contributed by atoms with E-state index in [0.717, 1.165) is 12.2 Å². The molecule has 2 N–H and O–H groups in total. The molecule has 0 radical (unpaired) electrons. The first-order valence-corrected chi connectivity index (χ1v) is 11.8. The highest BCUT2D eigenvalue weighted by molar-refractivity contribution is 8.00. The fourth-order valence-corrected chi connectivity index (χ4v) is 5.04. The highest BCUT2D eigenvalue weighted by Gasteiger charge is 2.21. The van der Waals surface area contributed by atoms with Crippen LogP contribution in [0.15, 0.2) is 34.8 Å². The van der Waals surface area contributed by atoms with E-state index in [0.29, 0.717) is 27.5 Å². The molecule has 1 fully saturated rings. The van der Waals surface area contributed by atoms with E-state index in [-0.39, 0.29) is 11.6 Å². The van der Waals surface area contributed by atoms with Gasteiger partial charge in [0.15, 0.2) is 5.13 Å². The van der Waals surface area contributed by atoms with Gasteiger partial charge in [-0.25, -0.2) is 9.97 Å². The van der Waals surface area contributed by atoms with Crippen molar-refractivity contribution < 1.29 is 9.72 Å². The summed E-state index contributed by atoms with van der Waals surface area (Å²) in [7, 11) is 0. The third-order valence-corrected chi connectivity index (χ3v) is 6.93. The molecule has 1 aliphatic carbocycles. The van der Waals surface area contributed by atoms with Gasteiger partial charge in [0.05, 0.1) is 15.9 Å². The summed E-state index contributed by atoms with van der Waals surface area (Å²) >= 11 is 2.57. The molecule has 0 aliphatic heterocycles. The SMILES string of the molecule is CC(Sc1n[nH]c(CC2CCCC2)n1)C(=O)Nc1nc(-c2cccc([N+](=O)[O-])c2)cs1. The first kappa shape index (κ1) is 21.4. The van der Waals surface area contributed by atoms with Crippen molar-refractivity contribution in [3.8, 4) is 11.3 Å². The van der Waals surface area contributed by atoms with E-state index in [2.05, 4.69) is 25.5 Å². The average molecular weight is 459 g/mol. The van der Waals surface area contributed by atoms with Crippen molar-refractivity contribution in [2.24, 2.45) is 5.92 Å². The topological polar surface area (TPSA) is 127 Å². The van der Waals surface area contributed by atoms with E-state index in [1.165, 1.54) is 60.9 Å². The van der Waals surface area contributed by atoms with Gasteiger partial charge in [-0.3, -0.25) is 20.0 Å². The normalized spacial score (nSPS) is 15.1. The monoisotopic (exact) mass is 458 g/mol. The molecule has 1 aliphatic rings. The van der Waals surface area contributed by atoms with Crippen LogP contribution in [0.2, 0.25) is 0 Å². The van der Waals surface area contributed by atoms with E-state index >= 15 is 0 Å². The summed E-state index contributed by atoms with van der Waals surface area (Å²) in [6, 6.07) is 6.26. The summed E-state index contributed by atoms with van der Waals surface area (Å²) in [5, 5.41) is 23.3. The maximum absolute atomic E-state index is 12.6. The number of thiazole rings is 1. The number of carbonyl (C=O) groups is 1. The van der Waals surface area contributed by atoms with Crippen LogP contribution in [0.3, 0.4) is 0 Å². The standard InChI is InChI=1S/C20H22N6O3S2/c1-12(31-20-22-17(24-25-20)9-13-5-2-3-6-13)18(27)23-19-21-16(11-30-19)14-7-4-8-15(10-14)26(28)29/h4,7-8,10-13H,2-3,5-6,9H2,1H3,(H,21,23,27)(H,22,24,25). The van der Waals surface area contributed by atoms with Gasteiger partial charge in [-0.2, -0.15) is 0 Å². The molecule has 31 heavy (non-hydrogen) atoms. The summed E-state index contributed by atoms with van der Waals surface area (Å²) < 4.78 is 0. The van der Waals surface area contributed by atoms with Crippen LogP contribution < -0.4 is 5.32 Å². The van der Waals surface area contributed by atoms with E-state index in [1.807, 2.05) is 0 Å². The van der Waals surface area contributed by atoms with Crippen molar-refractivity contribution in [1.82, 2.24) is 20.2 Å². The van der Waals surface area contributed by atoms with E-state index in [9.17, 15) is 14.9 Å². The average Bonchev–Trinajstić information content (AvgIpc) is 3.51. The van der Waals surface area contributed by atoms with Gasteiger partial charge in [0.2, 0.25) is 11.1 Å². The summed E-state index contributed by atoms with van der Waals surface area (Å²) in [6.07, 6.45) is 5.98. The lowest BCUT2D eigenvalue weighted by molar-refractivity contribution is -0.384. The maximum atomic E-state index is 12.6. The fourth-order valence-electron chi connectivity index (χ4n) is 3.57. The van der Waals surface area contributed by atoms with Gasteiger partial charge in [-0.15, -0.1) is 16.4 Å². The molecule has 1 aromatic carbocycles. The Morgan fingerprint density at radius 1 is 1.39 bits per heavy atom. The molecule has 1 unspecified atom stereocenters. The number of hydrogen-bond acceptors (Lipinski definition) is 8. The number of aromatic nitrogens is 4. The molecular formula is C20H22N6O3S2. The molecular weight excluding hydrogens is 436 g/mol. The number of benzene rings is 1. The van der Waals surface area contributed by atoms with Crippen molar-refractivity contribution in [3.05, 3.63) is 45.6 Å². The predicted molar refractivity (Wildman–Crippen MR) is 120 cm³/mol. The Kier molecular flexibility index (Phi) is 6.62. The van der Waals surface area contributed by atoms with E-state index in [1.54, 1.807) is 24.4 Å². The molecule has 1 atom stereocenters. The number of amides is 1. The molecule has 1 amide bonds. The number of nitrogens with zero attached hydrogens (tertiary/aromatic N) is 4. The Bertz CT molecular complexity index is 1080. The summed E-state index contributed by atoms with van der Waals surface area (Å²) in [6.45, 7) is 1.79. The van der Waals surface area contributed by atoms with Crippen molar-refractivity contribution >= 4 is 39.8 Å². The predicted octanol–water partition coefficient (Wildman–Crippen LogP) is 4.69. The lowest BCUT2D eigenvalue weighted by Gasteiger charge is -2.07. The minimum absolute atomic E-state index is 0.0000826.